The quantitative estimate of drug-likeness (QED) is 0.582. The smallest absolute Gasteiger partial charge is 1.00 e. The molecule has 2 rings (SSSR count). The number of aliphatic hydroxyl groups excluding tert-OH is 1. The molecule has 0 aliphatic carbocycles. The van der Waals surface area contributed by atoms with Crippen molar-refractivity contribution in [1.29, 1.82) is 0 Å². The largest absolute Gasteiger partial charge is 1.00 e. The van der Waals surface area contributed by atoms with E-state index in [1.807, 2.05) is 0 Å². The molecule has 0 fully saturated rings. The predicted molar refractivity (Wildman–Crippen MR) is 49.2 cm³/mol. The first-order chi connectivity index (χ1) is 6.61. The Balaban J connectivity index is 0.00000112. The van der Waals surface area contributed by atoms with Gasteiger partial charge >= 0.3 is 35.7 Å². The van der Waals surface area contributed by atoms with Crippen LogP contribution < -0.4 is 39.0 Å². The van der Waals surface area contributed by atoms with E-state index >= 15 is 0 Å². The molecule has 1 aliphatic rings. The van der Waals surface area contributed by atoms with E-state index in [0.29, 0.717) is 5.56 Å². The van der Waals surface area contributed by atoms with Gasteiger partial charge in [0.2, 0.25) is 0 Å². The summed E-state index contributed by atoms with van der Waals surface area (Å²) in [4.78, 5) is 0. The third kappa shape index (κ3) is 3.35. The molecule has 80 valence electrons. The Hall–Kier alpha value is -0.295. The molecule has 0 saturated heterocycles. The van der Waals surface area contributed by atoms with Crippen LogP contribution in [0.5, 0.6) is 11.5 Å². The predicted octanol–water partition coefficient (Wildman–Crippen LogP) is -1.83. The second-order valence-electron chi connectivity index (χ2n) is 2.97. The van der Waals surface area contributed by atoms with E-state index in [-0.39, 0.29) is 56.1 Å². The van der Waals surface area contributed by atoms with Crippen molar-refractivity contribution in [2.75, 3.05) is 6.61 Å². The van der Waals surface area contributed by atoms with E-state index in [0.717, 1.165) is 0 Å². The van der Waals surface area contributed by atoms with Gasteiger partial charge in [-0.2, -0.15) is 8.78 Å². The number of hydrogen-bond donors (Lipinski definition) is 1. The van der Waals surface area contributed by atoms with Gasteiger partial charge in [0.05, 0.1) is 6.61 Å². The molecule has 16 heavy (non-hydrogen) atoms. The van der Waals surface area contributed by atoms with Gasteiger partial charge in [-0.05, 0) is 17.7 Å². The van der Waals surface area contributed by atoms with E-state index in [1.54, 1.807) is 0 Å². The van der Waals surface area contributed by atoms with E-state index in [1.165, 1.54) is 18.2 Å². The van der Waals surface area contributed by atoms with Crippen molar-refractivity contribution < 1.29 is 52.9 Å². The van der Waals surface area contributed by atoms with Crippen LogP contribution in [-0.4, -0.2) is 26.2 Å². The molecule has 4 radical (unpaired) electrons. The van der Waals surface area contributed by atoms with Crippen LogP contribution in [0.3, 0.4) is 0 Å². The molecule has 1 aromatic carbocycles. The zero-order valence-corrected chi connectivity index (χ0v) is 10.7. The third-order valence-corrected chi connectivity index (χ3v) is 1.85. The molecule has 0 amide bonds. The average molecular weight is 236 g/mol. The second kappa shape index (κ2) is 5.86. The molecule has 7 heteroatoms. The van der Waals surface area contributed by atoms with Gasteiger partial charge in [0, 0.05) is 0 Å². The number of aliphatic hydroxyl groups is 1. The van der Waals surface area contributed by atoms with Gasteiger partial charge in [0.15, 0.2) is 18.1 Å². The summed E-state index contributed by atoms with van der Waals surface area (Å²) < 4.78 is 34.5. The SMILES string of the molecule is OCc1ccc2c(c1)OCC(F)(F)O2.[B-].[Na+]. The van der Waals surface area contributed by atoms with Crippen LogP contribution in [0.4, 0.5) is 8.78 Å². The van der Waals surface area contributed by atoms with Crippen LogP contribution in [-0.2, 0) is 6.61 Å². The minimum Gasteiger partial charge on any atom is -1.00 e. The maximum Gasteiger partial charge on any atom is 1.00 e. The first kappa shape index (κ1) is 15.7. The number of rotatable bonds is 1. The minimum atomic E-state index is -3.27. The zero-order valence-electron chi connectivity index (χ0n) is 8.74. The van der Waals surface area contributed by atoms with Crippen molar-refractivity contribution in [1.82, 2.24) is 0 Å². The van der Waals surface area contributed by atoms with Crippen molar-refractivity contribution in [2.45, 2.75) is 12.7 Å². The third-order valence-electron chi connectivity index (χ3n) is 1.85. The van der Waals surface area contributed by atoms with Crippen molar-refractivity contribution in [3.63, 3.8) is 0 Å². The Kier molecular flexibility index (Phi) is 5.75. The summed E-state index contributed by atoms with van der Waals surface area (Å²) in [7, 11) is 0. The number of hydrogen-bond acceptors (Lipinski definition) is 3. The van der Waals surface area contributed by atoms with E-state index < -0.39 is 12.7 Å². The Morgan fingerprint density at radius 1 is 1.31 bits per heavy atom. The first-order valence-corrected chi connectivity index (χ1v) is 4.04. The van der Waals surface area contributed by atoms with Crippen molar-refractivity contribution in [2.24, 2.45) is 0 Å². The maximum atomic E-state index is 12.7. The number of halogens is 2. The zero-order chi connectivity index (χ0) is 10.2. The monoisotopic (exact) mass is 236 g/mol. The van der Waals surface area contributed by atoms with Crippen molar-refractivity contribution >= 4 is 8.41 Å². The molecule has 0 saturated carbocycles. The molecule has 1 aliphatic heterocycles. The van der Waals surface area contributed by atoms with Crippen LogP contribution in [0.15, 0.2) is 18.2 Å². The van der Waals surface area contributed by atoms with Crippen molar-refractivity contribution in [3.05, 3.63) is 23.8 Å². The van der Waals surface area contributed by atoms with Gasteiger partial charge in [-0.1, -0.05) is 6.07 Å². The summed E-state index contributed by atoms with van der Waals surface area (Å²) in [5, 5.41) is 8.80. The standard InChI is InChI=1S/C9H8F2O3.B.Na/c10-9(11)5-13-8-3-6(4-12)1-2-7(8)14-9;;/h1-3,12H,4-5H2;;/q;-1;+1. The van der Waals surface area contributed by atoms with E-state index in [9.17, 15) is 8.78 Å². The fraction of sp³-hybridized carbons (Fsp3) is 0.333. The van der Waals surface area contributed by atoms with Gasteiger partial charge in [-0.15, -0.1) is 0 Å². The molecule has 1 N–H and O–H groups in total. The molecule has 0 bridgehead atoms. The van der Waals surface area contributed by atoms with Gasteiger partial charge in [-0.3, -0.25) is 0 Å². The Bertz CT molecular complexity index is 363. The molecule has 3 nitrogen and oxygen atoms in total. The molecule has 0 spiro atoms. The van der Waals surface area contributed by atoms with E-state index in [4.69, 9.17) is 9.84 Å². The second-order valence-corrected chi connectivity index (χ2v) is 2.97. The van der Waals surface area contributed by atoms with Gasteiger partial charge < -0.3 is 23.0 Å². The van der Waals surface area contributed by atoms with E-state index in [2.05, 4.69) is 4.74 Å². The van der Waals surface area contributed by atoms with Crippen molar-refractivity contribution in [3.8, 4) is 11.5 Å². The van der Waals surface area contributed by atoms with Crippen LogP contribution in [0.1, 0.15) is 5.56 Å². The normalized spacial score (nSPS) is 15.7. The summed E-state index contributed by atoms with van der Waals surface area (Å²) in [5.41, 5.74) is 0.595. The van der Waals surface area contributed by atoms with Crippen LogP contribution in [0.25, 0.3) is 0 Å². The Morgan fingerprint density at radius 3 is 2.62 bits per heavy atom. The maximum absolute atomic E-state index is 12.7. The first-order valence-electron chi connectivity index (χ1n) is 4.04. The summed E-state index contributed by atoms with van der Waals surface area (Å²) >= 11 is 0. The number of alkyl halides is 2. The molecule has 0 unspecified atom stereocenters. The Morgan fingerprint density at radius 2 is 2.00 bits per heavy atom. The molecule has 1 aromatic rings. The molecular formula is C9H8BF2NaO3. The van der Waals surface area contributed by atoms with Crippen LogP contribution >= 0.6 is 0 Å². The summed E-state index contributed by atoms with van der Waals surface area (Å²) in [6.45, 7) is -0.956. The topological polar surface area (TPSA) is 38.7 Å². The van der Waals surface area contributed by atoms with Crippen LogP contribution in [0.2, 0.25) is 0 Å². The van der Waals surface area contributed by atoms with Gasteiger partial charge in [0.25, 0.3) is 0 Å². The molecular weight excluding hydrogens is 228 g/mol. The average Bonchev–Trinajstić information content (AvgIpc) is 2.16. The number of fused-ring (bicyclic) bond motifs is 1. The number of benzene rings is 1. The van der Waals surface area contributed by atoms with Gasteiger partial charge in [0.1, 0.15) is 0 Å². The number of ether oxygens (including phenoxy) is 2. The van der Waals surface area contributed by atoms with Gasteiger partial charge in [-0.25, -0.2) is 0 Å². The Labute approximate surface area is 116 Å². The summed E-state index contributed by atoms with van der Waals surface area (Å²) in [5.74, 6) is 0.237. The fourth-order valence-electron chi connectivity index (χ4n) is 1.20. The molecule has 1 heterocycles. The van der Waals surface area contributed by atoms with Crippen LogP contribution in [0, 0.1) is 0 Å². The minimum absolute atomic E-state index is 0. The molecule has 0 atom stereocenters. The molecule has 0 aromatic heterocycles. The summed E-state index contributed by atoms with van der Waals surface area (Å²) in [6, 6.07) is 4.34. The fourth-order valence-corrected chi connectivity index (χ4v) is 1.20. The summed E-state index contributed by atoms with van der Waals surface area (Å²) in [6.07, 6.45) is -3.27.